The van der Waals surface area contributed by atoms with Crippen molar-refractivity contribution in [3.05, 3.63) is 108 Å². The summed E-state index contributed by atoms with van der Waals surface area (Å²) >= 11 is 0. The molecule has 0 spiro atoms. The Morgan fingerprint density at radius 2 is 1.58 bits per heavy atom. The Balaban J connectivity index is 1.55. The van der Waals surface area contributed by atoms with E-state index in [-0.39, 0.29) is 0 Å². The molecule has 0 bridgehead atoms. The molecule has 1 aliphatic rings. The second kappa shape index (κ2) is 9.96. The fourth-order valence-electron chi connectivity index (χ4n) is 6.42. The number of hydrogen-bond donors (Lipinski definition) is 0. The maximum Gasteiger partial charge on any atom is 0.220 e. The highest BCUT2D eigenvalue weighted by atomic mass is 28.3. The molecule has 3 aromatic carbocycles. The first-order valence-corrected chi connectivity index (χ1v) is 17.0. The average Bonchev–Trinajstić information content (AvgIpc) is 3.49. The number of pyridine rings is 2. The molecule has 0 saturated heterocycles. The molecular formula is C35H37N2Si+. The average molecular weight is 514 g/mol. The Morgan fingerprint density at radius 3 is 2.32 bits per heavy atom. The van der Waals surface area contributed by atoms with Crippen molar-refractivity contribution in [1.82, 2.24) is 4.98 Å². The van der Waals surface area contributed by atoms with Crippen molar-refractivity contribution >= 4 is 29.4 Å². The molecule has 1 fully saturated rings. The van der Waals surface area contributed by atoms with Gasteiger partial charge in [0.25, 0.3) is 0 Å². The second-order valence-corrected chi connectivity index (χ2v) is 15.8. The molecular weight excluding hydrogens is 476 g/mol. The Kier molecular flexibility index (Phi) is 6.49. The van der Waals surface area contributed by atoms with E-state index >= 15 is 0 Å². The lowest BCUT2D eigenvalue weighted by atomic mass is 9.85. The summed E-state index contributed by atoms with van der Waals surface area (Å²) in [6.45, 7) is 7.16. The molecule has 0 unspecified atom stereocenters. The largest absolute Gasteiger partial charge is 0.266 e. The lowest BCUT2D eigenvalue weighted by Crippen LogP contribution is -2.54. The summed E-state index contributed by atoms with van der Waals surface area (Å²) in [5, 5.41) is 5.27. The van der Waals surface area contributed by atoms with Crippen molar-refractivity contribution in [3.63, 3.8) is 0 Å². The van der Waals surface area contributed by atoms with E-state index in [9.17, 15) is 0 Å². The molecule has 1 aliphatic carbocycles. The van der Waals surface area contributed by atoms with Gasteiger partial charge in [0.15, 0.2) is 6.20 Å². The first kappa shape index (κ1) is 24.8. The zero-order chi connectivity index (χ0) is 26.3. The Bertz CT molecular complexity index is 1600. The van der Waals surface area contributed by atoms with Gasteiger partial charge in [0.2, 0.25) is 5.69 Å². The van der Waals surface area contributed by atoms with Crippen LogP contribution in [0.2, 0.25) is 13.1 Å². The number of aryl methyl sites for hydroxylation is 1. The highest BCUT2D eigenvalue weighted by Gasteiger charge is 2.29. The molecule has 38 heavy (non-hydrogen) atoms. The Labute approximate surface area is 228 Å². The zero-order valence-electron chi connectivity index (χ0n) is 23.0. The molecule has 0 N–H and O–H groups in total. The number of aromatic nitrogens is 2. The molecule has 2 heterocycles. The van der Waals surface area contributed by atoms with Crippen LogP contribution in [0.4, 0.5) is 0 Å². The molecule has 2 aromatic heterocycles. The fourth-order valence-corrected chi connectivity index (χ4v) is 8.64. The Hall–Kier alpha value is -3.56. The van der Waals surface area contributed by atoms with E-state index in [1.807, 2.05) is 12.3 Å². The second-order valence-electron chi connectivity index (χ2n) is 11.5. The minimum atomic E-state index is -1.89. The first-order chi connectivity index (χ1) is 18.4. The van der Waals surface area contributed by atoms with E-state index in [1.54, 1.807) is 0 Å². The van der Waals surface area contributed by atoms with Gasteiger partial charge in [-0.3, -0.25) is 4.98 Å². The van der Waals surface area contributed by atoms with Gasteiger partial charge in [-0.05, 0) is 77.6 Å². The number of hydrogen-bond acceptors (Lipinski definition) is 1. The standard InChI is InChI=1S/C35H37N2Si/c1-25-32(27-14-8-9-15-27)23-29(26-12-6-5-7-13-26)24-33(25)35-31-18-17-30(22-28(31)19-21-37(35)2)38(3,4)34-16-10-11-20-36-34/h5-7,10-13,16-24,27H,8-9,14-15H2,1-4H3/q+1. The maximum atomic E-state index is 4.74. The summed E-state index contributed by atoms with van der Waals surface area (Å²) in [5.74, 6) is 0.662. The maximum absolute atomic E-state index is 4.74. The van der Waals surface area contributed by atoms with Crippen LogP contribution in [-0.2, 0) is 7.05 Å². The van der Waals surface area contributed by atoms with Crippen molar-refractivity contribution in [1.29, 1.82) is 0 Å². The fraction of sp³-hybridized carbons (Fsp3) is 0.257. The highest BCUT2D eigenvalue weighted by Crippen LogP contribution is 2.41. The van der Waals surface area contributed by atoms with Gasteiger partial charge < -0.3 is 0 Å². The van der Waals surface area contributed by atoms with Crippen LogP contribution in [0.25, 0.3) is 33.2 Å². The first-order valence-electron chi connectivity index (χ1n) is 14.0. The van der Waals surface area contributed by atoms with Crippen LogP contribution >= 0.6 is 0 Å². The summed E-state index contributed by atoms with van der Waals surface area (Å²) in [7, 11) is 0.302. The molecule has 3 heteroatoms. The third kappa shape index (κ3) is 4.39. The van der Waals surface area contributed by atoms with Crippen molar-refractivity contribution in [2.75, 3.05) is 0 Å². The van der Waals surface area contributed by atoms with E-state index in [4.69, 9.17) is 4.98 Å². The number of rotatable bonds is 5. The predicted molar refractivity (Wildman–Crippen MR) is 163 cm³/mol. The van der Waals surface area contributed by atoms with Crippen molar-refractivity contribution in [2.45, 2.75) is 51.6 Å². The third-order valence-electron chi connectivity index (χ3n) is 8.77. The quantitative estimate of drug-likeness (QED) is 0.180. The van der Waals surface area contributed by atoms with E-state index < -0.39 is 8.07 Å². The van der Waals surface area contributed by atoms with Crippen LogP contribution in [0, 0.1) is 6.92 Å². The van der Waals surface area contributed by atoms with Crippen LogP contribution in [-0.4, -0.2) is 13.1 Å². The van der Waals surface area contributed by atoms with Crippen molar-refractivity contribution < 1.29 is 4.57 Å². The molecule has 0 aliphatic heterocycles. The van der Waals surface area contributed by atoms with E-state index in [0.29, 0.717) is 5.92 Å². The SMILES string of the molecule is Cc1c(-c2c3ccc([Si](C)(C)c4ccccn4)cc3cc[n+]2C)cc(-c2ccccc2)cc1C1CCCC1. The molecule has 1 saturated carbocycles. The summed E-state index contributed by atoms with van der Waals surface area (Å²) in [4.78, 5) is 4.74. The van der Waals surface area contributed by atoms with Gasteiger partial charge in [-0.25, -0.2) is 4.57 Å². The number of benzene rings is 3. The van der Waals surface area contributed by atoms with Gasteiger partial charge in [0.1, 0.15) is 15.1 Å². The third-order valence-corrected chi connectivity index (χ3v) is 12.1. The van der Waals surface area contributed by atoms with Crippen LogP contribution < -0.4 is 15.1 Å². The molecule has 190 valence electrons. The van der Waals surface area contributed by atoms with Crippen molar-refractivity contribution in [2.24, 2.45) is 7.05 Å². The molecule has 0 atom stereocenters. The summed E-state index contributed by atoms with van der Waals surface area (Å²) < 4.78 is 2.32. The van der Waals surface area contributed by atoms with Gasteiger partial charge in [-0.15, -0.1) is 0 Å². The smallest absolute Gasteiger partial charge is 0.220 e. The van der Waals surface area contributed by atoms with E-state index in [0.717, 1.165) is 0 Å². The van der Waals surface area contributed by atoms with Gasteiger partial charge in [-0.2, -0.15) is 0 Å². The minimum Gasteiger partial charge on any atom is -0.266 e. The normalized spacial score (nSPS) is 14.3. The lowest BCUT2D eigenvalue weighted by molar-refractivity contribution is -0.659. The molecule has 0 radical (unpaired) electrons. The van der Waals surface area contributed by atoms with Gasteiger partial charge >= 0.3 is 0 Å². The topological polar surface area (TPSA) is 16.8 Å². The lowest BCUT2D eigenvalue weighted by Gasteiger charge is -2.23. The van der Waals surface area contributed by atoms with Crippen LogP contribution in [0.5, 0.6) is 0 Å². The van der Waals surface area contributed by atoms with Gasteiger partial charge in [0.05, 0.1) is 10.9 Å². The number of nitrogens with zero attached hydrogens (tertiary/aromatic N) is 2. The predicted octanol–water partition coefficient (Wildman–Crippen LogP) is 7.18. The number of fused-ring (bicyclic) bond motifs is 1. The van der Waals surface area contributed by atoms with Crippen LogP contribution in [0.3, 0.4) is 0 Å². The minimum absolute atomic E-state index is 0.662. The van der Waals surface area contributed by atoms with Crippen molar-refractivity contribution in [3.8, 4) is 22.4 Å². The monoisotopic (exact) mass is 513 g/mol. The van der Waals surface area contributed by atoms with Gasteiger partial charge in [0, 0.05) is 17.6 Å². The zero-order valence-corrected chi connectivity index (χ0v) is 24.0. The molecule has 6 rings (SSSR count). The highest BCUT2D eigenvalue weighted by molar-refractivity contribution is 7.00. The summed E-state index contributed by atoms with van der Waals surface area (Å²) in [6, 6.07) is 31.5. The summed E-state index contributed by atoms with van der Waals surface area (Å²) in [6.07, 6.45) is 9.45. The molecule has 0 amide bonds. The van der Waals surface area contributed by atoms with E-state index in [1.165, 1.54) is 80.5 Å². The molecule has 2 nitrogen and oxygen atoms in total. The Morgan fingerprint density at radius 1 is 0.816 bits per heavy atom. The van der Waals surface area contributed by atoms with E-state index in [2.05, 4.69) is 117 Å². The van der Waals surface area contributed by atoms with Gasteiger partial charge in [-0.1, -0.05) is 85.7 Å². The van der Waals surface area contributed by atoms with Crippen LogP contribution in [0.15, 0.2) is 97.3 Å². The summed E-state index contributed by atoms with van der Waals surface area (Å²) in [5.41, 5.74) is 8.26. The molecule has 5 aromatic rings. The van der Waals surface area contributed by atoms with Crippen LogP contribution in [0.1, 0.15) is 42.7 Å².